The summed E-state index contributed by atoms with van der Waals surface area (Å²) >= 11 is 0. The summed E-state index contributed by atoms with van der Waals surface area (Å²) in [7, 11) is 4.04. The van der Waals surface area contributed by atoms with E-state index in [-0.39, 0.29) is 13.2 Å². The summed E-state index contributed by atoms with van der Waals surface area (Å²) in [5.41, 5.74) is 4.45. The summed E-state index contributed by atoms with van der Waals surface area (Å²) in [6.07, 6.45) is 14.5. The first-order valence-electron chi connectivity index (χ1n) is 16.7. The van der Waals surface area contributed by atoms with Crippen molar-refractivity contribution in [2.24, 2.45) is 20.5 Å². The van der Waals surface area contributed by atoms with E-state index in [0.717, 1.165) is 73.3 Å². The molecule has 0 aliphatic rings. The predicted octanol–water partition coefficient (Wildman–Crippen LogP) is 5.22. The molecule has 0 radical (unpaired) electrons. The zero-order valence-corrected chi connectivity index (χ0v) is 28.4. The molecule has 0 aliphatic heterocycles. The minimum atomic E-state index is 0.0264. The summed E-state index contributed by atoms with van der Waals surface area (Å²) in [4.78, 5) is 3.99. The van der Waals surface area contributed by atoms with Gasteiger partial charge in [0.05, 0.1) is 49.8 Å². The standard InChI is InChI=1S/C37H47N10O2/c1-42(2)35-14-10-32(11-15-35)38-40-34-8-5-18-43(30-34)19-6-20-44-24-25-45(31-44)21-7-23-47-22-4-3-9-37(47)41-39-33-12-16-36(17-13-33)46(26-28-48)27-29-49/h3-5,8-18,22,24-25,30-31,48-49H,6-7,19-21,23,26-29H2,1-2H3/q+3. The lowest BCUT2D eigenvalue weighted by molar-refractivity contribution is -0.726. The number of benzene rings is 2. The number of imidazole rings is 1. The number of hydrogen-bond acceptors (Lipinski definition) is 8. The SMILES string of the molecule is CN(C)c1ccc(N=Nc2ccc[n+](CCC[n+]3ccn(CCC[n+]4ccccc4N=Nc4ccc(N(CCO)CCO)cc4)c3)c2)cc1. The average molecular weight is 664 g/mol. The summed E-state index contributed by atoms with van der Waals surface area (Å²) in [5.74, 6) is 0.790. The van der Waals surface area contributed by atoms with Crippen LogP contribution in [0.3, 0.4) is 0 Å². The molecule has 254 valence electrons. The number of rotatable bonds is 18. The third-order valence-corrected chi connectivity index (χ3v) is 8.02. The summed E-state index contributed by atoms with van der Waals surface area (Å²) in [6.45, 7) is 4.50. The number of aromatic nitrogens is 4. The second kappa shape index (κ2) is 18.3. The Morgan fingerprint density at radius 1 is 0.633 bits per heavy atom. The number of aliphatic hydroxyl groups excluding tert-OH is 2. The van der Waals surface area contributed by atoms with Gasteiger partial charge in [0.1, 0.15) is 23.8 Å². The van der Waals surface area contributed by atoms with Crippen molar-refractivity contribution in [3.05, 3.63) is 116 Å². The van der Waals surface area contributed by atoms with Crippen LogP contribution >= 0.6 is 0 Å². The van der Waals surface area contributed by atoms with Gasteiger partial charge in [-0.3, -0.25) is 0 Å². The zero-order valence-electron chi connectivity index (χ0n) is 28.4. The molecule has 12 nitrogen and oxygen atoms in total. The van der Waals surface area contributed by atoms with Crippen LogP contribution in [0, 0.1) is 0 Å². The number of pyridine rings is 2. The first kappa shape index (κ1) is 35.0. The monoisotopic (exact) mass is 663 g/mol. The van der Waals surface area contributed by atoms with Crippen LogP contribution in [-0.2, 0) is 26.2 Å². The Hall–Kier alpha value is -5.33. The number of azo groups is 2. The lowest BCUT2D eigenvalue weighted by Gasteiger charge is -2.22. The van der Waals surface area contributed by atoms with Crippen molar-refractivity contribution in [3.63, 3.8) is 0 Å². The van der Waals surface area contributed by atoms with Crippen molar-refractivity contribution in [2.45, 2.75) is 39.0 Å². The molecule has 49 heavy (non-hydrogen) atoms. The van der Waals surface area contributed by atoms with E-state index in [1.807, 2.05) is 110 Å². The highest BCUT2D eigenvalue weighted by Gasteiger charge is 2.12. The van der Waals surface area contributed by atoms with Gasteiger partial charge in [-0.15, -0.1) is 5.11 Å². The Morgan fingerprint density at radius 2 is 1.31 bits per heavy atom. The molecule has 12 heteroatoms. The Bertz CT molecular complexity index is 1780. The van der Waals surface area contributed by atoms with Gasteiger partial charge in [0.2, 0.25) is 6.33 Å². The minimum Gasteiger partial charge on any atom is -0.395 e. The van der Waals surface area contributed by atoms with Crippen LogP contribution in [0.5, 0.6) is 0 Å². The third-order valence-electron chi connectivity index (χ3n) is 8.02. The molecule has 2 N–H and O–H groups in total. The van der Waals surface area contributed by atoms with Crippen molar-refractivity contribution in [1.82, 2.24) is 4.57 Å². The number of aryl methyl sites for hydroxylation is 4. The highest BCUT2D eigenvalue weighted by Crippen LogP contribution is 2.22. The van der Waals surface area contributed by atoms with Gasteiger partial charge in [0.25, 0.3) is 0 Å². The van der Waals surface area contributed by atoms with Gasteiger partial charge in [-0.1, -0.05) is 6.07 Å². The molecule has 0 spiro atoms. The molecule has 0 atom stereocenters. The number of aliphatic hydroxyl groups is 2. The van der Waals surface area contributed by atoms with E-state index in [2.05, 4.69) is 68.5 Å². The molecule has 0 aliphatic carbocycles. The molecular formula is C37H47N10O2+3. The van der Waals surface area contributed by atoms with Crippen LogP contribution in [0.15, 0.2) is 137 Å². The second-order valence-corrected chi connectivity index (χ2v) is 11.9. The summed E-state index contributed by atoms with van der Waals surface area (Å²) in [5, 5.41) is 36.4. The molecule has 3 heterocycles. The largest absolute Gasteiger partial charge is 0.395 e. The van der Waals surface area contributed by atoms with Crippen molar-refractivity contribution >= 4 is 34.3 Å². The maximum Gasteiger partial charge on any atom is 0.350 e. The Kier molecular flexibility index (Phi) is 13.1. The molecule has 0 saturated heterocycles. The first-order chi connectivity index (χ1) is 24.0. The molecule has 0 bridgehead atoms. The van der Waals surface area contributed by atoms with Gasteiger partial charge in [-0.05, 0) is 65.8 Å². The van der Waals surface area contributed by atoms with Crippen molar-refractivity contribution in [3.8, 4) is 0 Å². The fraction of sp³-hybridized carbons (Fsp3) is 0.324. The van der Waals surface area contributed by atoms with Gasteiger partial charge in [-0.25, -0.2) is 18.3 Å². The fourth-order valence-corrected chi connectivity index (χ4v) is 5.40. The highest BCUT2D eigenvalue weighted by atomic mass is 16.3. The number of anilines is 2. The maximum atomic E-state index is 9.30. The van der Waals surface area contributed by atoms with Gasteiger partial charge >= 0.3 is 5.82 Å². The van der Waals surface area contributed by atoms with Crippen molar-refractivity contribution in [2.75, 3.05) is 50.2 Å². The van der Waals surface area contributed by atoms with E-state index in [9.17, 15) is 10.2 Å². The average Bonchev–Trinajstić information content (AvgIpc) is 3.58. The van der Waals surface area contributed by atoms with E-state index >= 15 is 0 Å². The maximum absolute atomic E-state index is 9.30. The Labute approximate surface area is 288 Å². The molecule has 3 aromatic heterocycles. The van der Waals surface area contributed by atoms with Gasteiger partial charge < -0.3 is 20.0 Å². The third kappa shape index (κ3) is 10.8. The summed E-state index contributed by atoms with van der Waals surface area (Å²) < 4.78 is 8.73. The van der Waals surface area contributed by atoms with Crippen LogP contribution in [0.1, 0.15) is 12.8 Å². The fourth-order valence-electron chi connectivity index (χ4n) is 5.40. The zero-order chi connectivity index (χ0) is 34.3. The van der Waals surface area contributed by atoms with Crippen LogP contribution in [-0.4, -0.2) is 55.2 Å². The van der Waals surface area contributed by atoms with Crippen LogP contribution < -0.4 is 23.5 Å². The molecular weight excluding hydrogens is 616 g/mol. The van der Waals surface area contributed by atoms with Crippen molar-refractivity contribution in [1.29, 1.82) is 0 Å². The van der Waals surface area contributed by atoms with Crippen LogP contribution in [0.4, 0.5) is 34.3 Å². The smallest absolute Gasteiger partial charge is 0.350 e. The quantitative estimate of drug-likeness (QED) is 0.0989. The van der Waals surface area contributed by atoms with E-state index in [1.54, 1.807) is 0 Å². The summed E-state index contributed by atoms with van der Waals surface area (Å²) in [6, 6.07) is 25.6. The van der Waals surface area contributed by atoms with Gasteiger partial charge in [-0.2, -0.15) is 5.11 Å². The number of nitrogens with zero attached hydrogens (tertiary/aromatic N) is 10. The van der Waals surface area contributed by atoms with E-state index < -0.39 is 0 Å². The molecule has 5 rings (SSSR count). The predicted molar refractivity (Wildman–Crippen MR) is 189 cm³/mol. The Morgan fingerprint density at radius 3 is 2.02 bits per heavy atom. The van der Waals surface area contributed by atoms with Gasteiger partial charge in [0.15, 0.2) is 18.9 Å². The molecule has 0 unspecified atom stereocenters. The second-order valence-electron chi connectivity index (χ2n) is 11.9. The highest BCUT2D eigenvalue weighted by molar-refractivity contribution is 5.53. The van der Waals surface area contributed by atoms with Crippen molar-refractivity contribution < 1.29 is 23.9 Å². The molecule has 2 aromatic carbocycles. The van der Waals surface area contributed by atoms with E-state index in [1.165, 1.54) is 0 Å². The lowest BCUT2D eigenvalue weighted by atomic mass is 10.2. The lowest BCUT2D eigenvalue weighted by Crippen LogP contribution is -2.37. The first-order valence-corrected chi connectivity index (χ1v) is 16.7. The topological polar surface area (TPSA) is 113 Å². The molecule has 0 amide bonds. The van der Waals surface area contributed by atoms with E-state index in [4.69, 9.17) is 0 Å². The number of hydrogen-bond donors (Lipinski definition) is 2. The van der Waals surface area contributed by atoms with Crippen LogP contribution in [0.25, 0.3) is 0 Å². The Balaban J connectivity index is 1.07. The van der Waals surface area contributed by atoms with Gasteiger partial charge in [0, 0.05) is 63.5 Å². The normalized spacial score (nSPS) is 11.5. The minimum absolute atomic E-state index is 0.0264. The van der Waals surface area contributed by atoms with E-state index in [0.29, 0.717) is 13.1 Å². The molecule has 0 saturated carbocycles. The van der Waals surface area contributed by atoms with Crippen LogP contribution in [0.2, 0.25) is 0 Å². The molecule has 0 fully saturated rings. The molecule has 5 aromatic rings.